The van der Waals surface area contributed by atoms with E-state index in [0.717, 1.165) is 33.6 Å². The second kappa shape index (κ2) is 13.4. The average Bonchev–Trinajstić information content (AvgIpc) is 3.98. The summed E-state index contributed by atoms with van der Waals surface area (Å²) in [7, 11) is 0. The van der Waals surface area contributed by atoms with Gasteiger partial charge in [-0.1, -0.05) is 164 Å². The zero-order valence-electron chi connectivity index (χ0n) is 33.6. The molecule has 290 valence electrons. The maximum Gasteiger partial charge on any atom is 0.0754 e. The number of thiophene rings is 1. The van der Waals surface area contributed by atoms with E-state index in [-0.39, 0.29) is 0 Å². The number of aromatic nitrogens is 1. The molecule has 0 fully saturated rings. The molecule has 1 aliphatic carbocycles. The Morgan fingerprint density at radius 3 is 2.10 bits per heavy atom. The third-order valence-corrected chi connectivity index (χ3v) is 14.4. The highest BCUT2D eigenvalue weighted by Crippen LogP contribution is 2.62. The van der Waals surface area contributed by atoms with Crippen molar-refractivity contribution >= 4 is 70.4 Å². The van der Waals surface area contributed by atoms with E-state index in [1.807, 2.05) is 41.7 Å². The van der Waals surface area contributed by atoms with E-state index in [0.29, 0.717) is 5.71 Å². The summed E-state index contributed by atoms with van der Waals surface area (Å²) < 4.78 is 5.07. The normalized spacial score (nSPS) is 15.0. The molecule has 0 saturated heterocycles. The molecule has 2 aromatic heterocycles. The van der Waals surface area contributed by atoms with Gasteiger partial charge in [0.25, 0.3) is 0 Å². The molecule has 1 spiro atoms. The van der Waals surface area contributed by atoms with Crippen molar-refractivity contribution in [3.63, 3.8) is 0 Å². The molecule has 3 nitrogen and oxygen atoms in total. The van der Waals surface area contributed by atoms with Gasteiger partial charge in [-0.15, -0.1) is 11.3 Å². The molecule has 1 atom stereocenters. The molecule has 0 saturated carbocycles. The molecule has 0 radical (unpaired) electrons. The predicted molar refractivity (Wildman–Crippen MR) is 261 cm³/mol. The third kappa shape index (κ3) is 4.84. The van der Waals surface area contributed by atoms with Crippen molar-refractivity contribution in [3.8, 4) is 27.9 Å². The predicted octanol–water partition coefficient (Wildman–Crippen LogP) is 15.0. The molecular weight excluding hydrogens is 771 g/mol. The first kappa shape index (κ1) is 35.0. The minimum atomic E-state index is -0.644. The Morgan fingerprint density at radius 1 is 0.532 bits per heavy atom. The third-order valence-electron chi connectivity index (χ3n) is 13.2. The van der Waals surface area contributed by atoms with Crippen LogP contribution in [0.25, 0.3) is 75.6 Å². The van der Waals surface area contributed by atoms with Gasteiger partial charge in [0.05, 0.1) is 27.8 Å². The first-order chi connectivity index (χ1) is 30.7. The van der Waals surface area contributed by atoms with Crippen LogP contribution in [-0.2, 0) is 5.41 Å². The van der Waals surface area contributed by atoms with Crippen LogP contribution in [0.3, 0.4) is 0 Å². The van der Waals surface area contributed by atoms with E-state index < -0.39 is 5.41 Å². The molecule has 62 heavy (non-hydrogen) atoms. The fraction of sp³-hybridized carbons (Fsp3) is 0.0172. The Bertz CT molecular complexity index is 3690. The van der Waals surface area contributed by atoms with Crippen LogP contribution in [0.5, 0.6) is 0 Å². The van der Waals surface area contributed by atoms with Crippen LogP contribution in [0.2, 0.25) is 0 Å². The highest BCUT2D eigenvalue weighted by Gasteiger charge is 2.51. The maximum atomic E-state index is 10.1. The summed E-state index contributed by atoms with van der Waals surface area (Å²) in [5.74, 6) is 0. The number of fused-ring (bicyclic) bond motifs is 15. The van der Waals surface area contributed by atoms with Crippen molar-refractivity contribution < 1.29 is 0 Å². The number of nitrogens with zero attached hydrogens (tertiary/aromatic N) is 1. The van der Waals surface area contributed by atoms with Gasteiger partial charge in [0.15, 0.2) is 0 Å². The highest BCUT2D eigenvalue weighted by atomic mass is 32.1. The highest BCUT2D eigenvalue weighted by molar-refractivity contribution is 7.25. The minimum Gasteiger partial charge on any atom is -0.355 e. The van der Waals surface area contributed by atoms with Crippen LogP contribution >= 0.6 is 11.3 Å². The van der Waals surface area contributed by atoms with Crippen molar-refractivity contribution in [2.24, 2.45) is 0 Å². The summed E-state index contributed by atoms with van der Waals surface area (Å²) in [6, 6.07) is 74.6. The molecule has 9 aromatic carbocycles. The Hall–Kier alpha value is -7.79. The van der Waals surface area contributed by atoms with Crippen LogP contribution in [0.4, 0.5) is 5.69 Å². The molecule has 0 bridgehead atoms. The molecule has 1 aliphatic heterocycles. The molecule has 4 heteroatoms. The van der Waals surface area contributed by atoms with Gasteiger partial charge < -0.3 is 15.3 Å². The number of benzene rings is 9. The van der Waals surface area contributed by atoms with Gasteiger partial charge in [-0.05, 0) is 98.6 Å². The molecule has 13 rings (SSSR count). The van der Waals surface area contributed by atoms with Gasteiger partial charge in [-0.25, -0.2) is 0 Å². The summed E-state index contributed by atoms with van der Waals surface area (Å²) in [4.78, 5) is 0. The first-order valence-electron chi connectivity index (χ1n) is 21.2. The quantitative estimate of drug-likeness (QED) is 0.161. The number of nitrogens with one attached hydrogen (secondary N) is 2. The smallest absolute Gasteiger partial charge is 0.0754 e. The van der Waals surface area contributed by atoms with Crippen LogP contribution in [-0.4, -0.2) is 10.3 Å². The molecular formula is C58H37N3S. The minimum absolute atomic E-state index is 0.444. The van der Waals surface area contributed by atoms with E-state index in [1.165, 1.54) is 81.0 Å². The van der Waals surface area contributed by atoms with Crippen molar-refractivity contribution in [3.05, 3.63) is 246 Å². The number of hydrogen-bond acceptors (Lipinski definition) is 3. The van der Waals surface area contributed by atoms with E-state index in [1.54, 1.807) is 0 Å². The van der Waals surface area contributed by atoms with Crippen LogP contribution in [0.1, 0.15) is 33.4 Å². The summed E-state index contributed by atoms with van der Waals surface area (Å²) in [6.45, 7) is 0. The fourth-order valence-electron chi connectivity index (χ4n) is 10.8. The summed E-state index contributed by atoms with van der Waals surface area (Å²) in [5, 5.41) is 18.9. The van der Waals surface area contributed by atoms with Gasteiger partial charge in [0.2, 0.25) is 0 Å². The average molecular weight is 808 g/mol. The lowest BCUT2D eigenvalue weighted by molar-refractivity contribution is 0.748. The SMILES string of the molecule is N=C(/C=C(\Nc1ccccc1)c1ccccc1)c1cccc2c1-c1cc(-c3cccc4sc5ccccc5c34)ccc1C21c2ccccc2-n2c3ccccc3c3cccc1c32. The lowest BCUT2D eigenvalue weighted by Gasteiger charge is -2.39. The zero-order chi connectivity index (χ0) is 40.9. The van der Waals surface area contributed by atoms with Gasteiger partial charge in [-0.3, -0.25) is 0 Å². The van der Waals surface area contributed by atoms with Crippen molar-refractivity contribution in [1.82, 2.24) is 4.57 Å². The molecule has 1 unspecified atom stereocenters. The second-order valence-electron chi connectivity index (χ2n) is 16.4. The second-order valence-corrected chi connectivity index (χ2v) is 17.5. The number of anilines is 1. The lowest BCUT2D eigenvalue weighted by atomic mass is 9.65. The van der Waals surface area contributed by atoms with Crippen LogP contribution in [0.15, 0.2) is 212 Å². The van der Waals surface area contributed by atoms with Crippen molar-refractivity contribution in [1.29, 1.82) is 5.41 Å². The largest absolute Gasteiger partial charge is 0.355 e. The first-order valence-corrected chi connectivity index (χ1v) is 22.0. The van der Waals surface area contributed by atoms with E-state index in [9.17, 15) is 5.41 Å². The summed E-state index contributed by atoms with van der Waals surface area (Å²) >= 11 is 1.85. The zero-order valence-corrected chi connectivity index (χ0v) is 34.4. The topological polar surface area (TPSA) is 40.8 Å². The molecule has 3 heterocycles. The van der Waals surface area contributed by atoms with E-state index in [2.05, 4.69) is 192 Å². The molecule has 11 aromatic rings. The standard InChI is InChI=1S/C58H37N3S/c59-49(35-50(36-16-3-1-4-17-36)60-38-18-5-2-6-19-38)42-24-14-26-47-55(42)44-34-37(39-22-15-31-54-56(39)43-21-8-12-30-53(43)62-54)32-33-45(44)58(47)46-25-9-11-29-52(46)61-51-28-10-7-20-40(51)41-23-13-27-48(58)57(41)61/h1-35,59-60H/b50-35-,59-49?. The Balaban J connectivity index is 1.12. The van der Waals surface area contributed by atoms with Crippen molar-refractivity contribution in [2.75, 3.05) is 5.32 Å². The molecule has 2 aliphatic rings. The maximum absolute atomic E-state index is 10.1. The van der Waals surface area contributed by atoms with Gasteiger partial charge >= 0.3 is 0 Å². The van der Waals surface area contributed by atoms with Crippen LogP contribution in [0, 0.1) is 5.41 Å². The summed E-state index contributed by atoms with van der Waals surface area (Å²) in [5.41, 5.74) is 16.8. The van der Waals surface area contributed by atoms with Gasteiger partial charge in [0, 0.05) is 47.9 Å². The number of hydrogen-bond donors (Lipinski definition) is 2. The monoisotopic (exact) mass is 807 g/mol. The Labute approximate surface area is 363 Å². The van der Waals surface area contributed by atoms with Gasteiger partial charge in [0.1, 0.15) is 0 Å². The van der Waals surface area contributed by atoms with Crippen molar-refractivity contribution in [2.45, 2.75) is 5.41 Å². The Kier molecular flexibility index (Phi) is 7.54. The number of para-hydroxylation sites is 4. The fourth-order valence-corrected chi connectivity index (χ4v) is 11.9. The molecule has 0 amide bonds. The van der Waals surface area contributed by atoms with Crippen LogP contribution < -0.4 is 5.32 Å². The molecule has 2 N–H and O–H groups in total. The number of allylic oxidation sites excluding steroid dienone is 1. The van der Waals surface area contributed by atoms with E-state index in [4.69, 9.17) is 0 Å². The van der Waals surface area contributed by atoms with E-state index >= 15 is 0 Å². The Morgan fingerprint density at radius 2 is 1.21 bits per heavy atom. The van der Waals surface area contributed by atoms with Gasteiger partial charge in [-0.2, -0.15) is 0 Å². The number of rotatable bonds is 6. The summed E-state index contributed by atoms with van der Waals surface area (Å²) in [6.07, 6.45) is 2.01. The lowest BCUT2D eigenvalue weighted by Crippen LogP contribution is -2.33.